The predicted octanol–water partition coefficient (Wildman–Crippen LogP) is -0.743. The first kappa shape index (κ1) is 16.2. The number of nitrogens with one attached hydrogen (secondary N) is 1. The summed E-state index contributed by atoms with van der Waals surface area (Å²) in [6, 6.07) is -0.835. The van der Waals surface area contributed by atoms with Crippen LogP contribution in [-0.2, 0) is 19.1 Å². The SMILES string of the molecule is CCOC(=O)CNC(=O)C1CC(O)CN1C(=O)OCC. The largest absolute Gasteiger partial charge is 0.465 e. The monoisotopic (exact) mass is 288 g/mol. The molecule has 0 aromatic heterocycles. The first-order chi connectivity index (χ1) is 9.49. The summed E-state index contributed by atoms with van der Waals surface area (Å²) < 4.78 is 9.50. The van der Waals surface area contributed by atoms with Gasteiger partial charge in [0.05, 0.1) is 25.9 Å². The number of hydrogen-bond acceptors (Lipinski definition) is 6. The molecule has 0 saturated carbocycles. The third kappa shape index (κ3) is 4.37. The van der Waals surface area contributed by atoms with Gasteiger partial charge in [0.25, 0.3) is 0 Å². The fraction of sp³-hybridized carbons (Fsp3) is 0.750. The van der Waals surface area contributed by atoms with Gasteiger partial charge in [0.15, 0.2) is 0 Å². The van der Waals surface area contributed by atoms with E-state index in [1.807, 2.05) is 0 Å². The van der Waals surface area contributed by atoms with Crippen molar-refractivity contribution in [2.75, 3.05) is 26.3 Å². The van der Waals surface area contributed by atoms with Gasteiger partial charge < -0.3 is 19.9 Å². The summed E-state index contributed by atoms with van der Waals surface area (Å²) in [7, 11) is 0. The molecule has 114 valence electrons. The molecule has 20 heavy (non-hydrogen) atoms. The molecule has 2 amide bonds. The molecule has 1 rings (SSSR count). The second-order valence-corrected chi connectivity index (χ2v) is 4.28. The Labute approximate surface area is 117 Å². The molecule has 8 heteroatoms. The molecule has 0 aromatic carbocycles. The van der Waals surface area contributed by atoms with E-state index in [0.717, 1.165) is 4.90 Å². The van der Waals surface area contributed by atoms with Crippen molar-refractivity contribution >= 4 is 18.0 Å². The van der Waals surface area contributed by atoms with Crippen molar-refractivity contribution in [1.82, 2.24) is 10.2 Å². The summed E-state index contributed by atoms with van der Waals surface area (Å²) in [4.78, 5) is 35.9. The minimum Gasteiger partial charge on any atom is -0.465 e. The molecule has 8 nitrogen and oxygen atoms in total. The Hall–Kier alpha value is -1.83. The molecule has 1 saturated heterocycles. The van der Waals surface area contributed by atoms with Crippen molar-refractivity contribution in [3.8, 4) is 0 Å². The topological polar surface area (TPSA) is 105 Å². The standard InChI is InChI=1S/C12H20N2O6/c1-3-19-10(16)6-13-11(17)9-5-8(15)7-14(9)12(18)20-4-2/h8-9,15H,3-7H2,1-2H3,(H,13,17). The Kier molecular flexibility index (Phi) is 6.23. The van der Waals surface area contributed by atoms with Crippen LogP contribution in [0.1, 0.15) is 20.3 Å². The van der Waals surface area contributed by atoms with Crippen molar-refractivity contribution in [3.63, 3.8) is 0 Å². The lowest BCUT2D eigenvalue weighted by atomic mass is 10.2. The number of β-amino-alcohol motifs (C(OH)–C–C–N with tert-alkyl or cyclic N) is 1. The van der Waals surface area contributed by atoms with Gasteiger partial charge in [-0.15, -0.1) is 0 Å². The average molecular weight is 288 g/mol. The van der Waals surface area contributed by atoms with Crippen molar-refractivity contribution < 1.29 is 29.0 Å². The molecule has 0 radical (unpaired) electrons. The Morgan fingerprint density at radius 2 is 1.90 bits per heavy atom. The Morgan fingerprint density at radius 1 is 1.25 bits per heavy atom. The molecule has 1 aliphatic rings. The summed E-state index contributed by atoms with van der Waals surface area (Å²) in [6.07, 6.45) is -1.31. The third-order valence-electron chi connectivity index (χ3n) is 2.80. The molecule has 2 N–H and O–H groups in total. The zero-order chi connectivity index (χ0) is 15.1. The summed E-state index contributed by atoms with van der Waals surface area (Å²) in [5, 5.41) is 12.0. The van der Waals surface area contributed by atoms with Gasteiger partial charge >= 0.3 is 12.1 Å². The van der Waals surface area contributed by atoms with Gasteiger partial charge in [-0.05, 0) is 13.8 Å². The molecular formula is C12H20N2O6. The third-order valence-corrected chi connectivity index (χ3v) is 2.80. The molecule has 0 bridgehead atoms. The number of nitrogens with zero attached hydrogens (tertiary/aromatic N) is 1. The molecule has 1 aliphatic heterocycles. The molecule has 1 heterocycles. The van der Waals surface area contributed by atoms with Gasteiger partial charge in [0, 0.05) is 6.42 Å². The van der Waals surface area contributed by atoms with Gasteiger partial charge in [-0.25, -0.2) is 4.79 Å². The van der Waals surface area contributed by atoms with Crippen LogP contribution in [0.3, 0.4) is 0 Å². The quantitative estimate of drug-likeness (QED) is 0.645. The maximum Gasteiger partial charge on any atom is 0.410 e. The highest BCUT2D eigenvalue weighted by atomic mass is 16.6. The zero-order valence-electron chi connectivity index (χ0n) is 11.6. The molecular weight excluding hydrogens is 268 g/mol. The van der Waals surface area contributed by atoms with Crippen molar-refractivity contribution in [1.29, 1.82) is 0 Å². The maximum absolute atomic E-state index is 11.9. The molecule has 1 fully saturated rings. The number of aliphatic hydroxyl groups excluding tert-OH is 1. The summed E-state index contributed by atoms with van der Waals surface area (Å²) >= 11 is 0. The summed E-state index contributed by atoms with van der Waals surface area (Å²) in [5.41, 5.74) is 0. The van der Waals surface area contributed by atoms with Crippen LogP contribution in [0.4, 0.5) is 4.79 Å². The first-order valence-electron chi connectivity index (χ1n) is 6.54. The highest BCUT2D eigenvalue weighted by Crippen LogP contribution is 2.19. The van der Waals surface area contributed by atoms with E-state index in [4.69, 9.17) is 4.74 Å². The normalized spacial score (nSPS) is 21.4. The zero-order valence-corrected chi connectivity index (χ0v) is 11.6. The lowest BCUT2D eigenvalue weighted by Crippen LogP contribution is -2.47. The molecule has 0 aliphatic carbocycles. The van der Waals surface area contributed by atoms with E-state index in [2.05, 4.69) is 10.1 Å². The van der Waals surface area contributed by atoms with Crippen LogP contribution in [-0.4, -0.2) is 66.4 Å². The van der Waals surface area contributed by atoms with Crippen LogP contribution in [0.2, 0.25) is 0 Å². The second-order valence-electron chi connectivity index (χ2n) is 4.28. The van der Waals surface area contributed by atoms with Crippen LogP contribution >= 0.6 is 0 Å². The van der Waals surface area contributed by atoms with Crippen LogP contribution in [0.15, 0.2) is 0 Å². The molecule has 2 unspecified atom stereocenters. The fourth-order valence-electron chi connectivity index (χ4n) is 1.96. The first-order valence-corrected chi connectivity index (χ1v) is 6.54. The highest BCUT2D eigenvalue weighted by molar-refractivity contribution is 5.88. The fourth-order valence-corrected chi connectivity index (χ4v) is 1.96. The Bertz CT molecular complexity index is 373. The van der Waals surface area contributed by atoms with Gasteiger partial charge in [0.2, 0.25) is 5.91 Å². The van der Waals surface area contributed by atoms with Crippen LogP contribution in [0, 0.1) is 0 Å². The van der Waals surface area contributed by atoms with Gasteiger partial charge in [0.1, 0.15) is 12.6 Å². The van der Waals surface area contributed by atoms with Crippen LogP contribution in [0.25, 0.3) is 0 Å². The smallest absolute Gasteiger partial charge is 0.410 e. The van der Waals surface area contributed by atoms with Crippen LogP contribution < -0.4 is 5.32 Å². The van der Waals surface area contributed by atoms with E-state index in [1.165, 1.54) is 0 Å². The van der Waals surface area contributed by atoms with Gasteiger partial charge in [-0.2, -0.15) is 0 Å². The molecule has 0 spiro atoms. The predicted molar refractivity (Wildman–Crippen MR) is 67.8 cm³/mol. The lowest BCUT2D eigenvalue weighted by Gasteiger charge is -2.22. The Balaban J connectivity index is 2.55. The number of rotatable bonds is 5. The van der Waals surface area contributed by atoms with Crippen LogP contribution in [0.5, 0.6) is 0 Å². The van der Waals surface area contributed by atoms with E-state index in [9.17, 15) is 19.5 Å². The summed E-state index contributed by atoms with van der Waals surface area (Å²) in [6.45, 7) is 3.50. The van der Waals surface area contributed by atoms with E-state index in [-0.39, 0.29) is 32.7 Å². The number of amides is 2. The average Bonchev–Trinajstić information content (AvgIpc) is 2.79. The van der Waals surface area contributed by atoms with Gasteiger partial charge in [-0.3, -0.25) is 14.5 Å². The highest BCUT2D eigenvalue weighted by Gasteiger charge is 2.39. The van der Waals surface area contributed by atoms with E-state index < -0.39 is 30.1 Å². The number of hydrogen-bond donors (Lipinski definition) is 2. The van der Waals surface area contributed by atoms with Crippen molar-refractivity contribution in [2.24, 2.45) is 0 Å². The number of ether oxygens (including phenoxy) is 2. The number of carbonyl (C=O) groups is 3. The lowest BCUT2D eigenvalue weighted by molar-refractivity contribution is -0.143. The van der Waals surface area contributed by atoms with Crippen molar-refractivity contribution in [3.05, 3.63) is 0 Å². The number of esters is 1. The van der Waals surface area contributed by atoms with Crippen molar-refractivity contribution in [2.45, 2.75) is 32.4 Å². The molecule has 2 atom stereocenters. The van der Waals surface area contributed by atoms with E-state index >= 15 is 0 Å². The number of likely N-dealkylation sites (tertiary alicyclic amines) is 1. The minimum absolute atomic E-state index is 0.0380. The maximum atomic E-state index is 11.9. The number of aliphatic hydroxyl groups is 1. The minimum atomic E-state index is -0.835. The number of carbonyl (C=O) groups excluding carboxylic acids is 3. The van der Waals surface area contributed by atoms with E-state index in [0.29, 0.717) is 0 Å². The summed E-state index contributed by atoms with van der Waals surface area (Å²) in [5.74, 6) is -1.07. The van der Waals surface area contributed by atoms with E-state index in [1.54, 1.807) is 13.8 Å². The van der Waals surface area contributed by atoms with Gasteiger partial charge in [-0.1, -0.05) is 0 Å². The second kappa shape index (κ2) is 7.68. The Morgan fingerprint density at radius 3 is 2.50 bits per heavy atom. The molecule has 0 aromatic rings.